The van der Waals surface area contributed by atoms with Gasteiger partial charge < -0.3 is 75.9 Å². The Bertz CT molecular complexity index is 676. The van der Waals surface area contributed by atoms with Gasteiger partial charge in [-0.15, -0.1) is 0 Å². The van der Waals surface area contributed by atoms with Crippen LogP contribution in [0, 0.1) is 0 Å². The van der Waals surface area contributed by atoms with Crippen molar-refractivity contribution in [2.75, 3.05) is 19.8 Å². The Balaban J connectivity index is 2.58. The van der Waals surface area contributed by atoms with Gasteiger partial charge in [-0.1, -0.05) is 0 Å². The van der Waals surface area contributed by atoms with Crippen LogP contribution in [0.4, 0.5) is 0 Å². The Labute approximate surface area is 192 Å². The third-order valence-corrected chi connectivity index (χ3v) is 6.23. The second-order valence-corrected chi connectivity index (χ2v) is 8.37. The molecule has 13 N–H and O–H groups in total. The molecule has 16 heteroatoms. The van der Waals surface area contributed by atoms with Crippen molar-refractivity contribution in [3.8, 4) is 0 Å². The summed E-state index contributed by atoms with van der Waals surface area (Å²) in [6.45, 7) is -3.19. The first-order valence-corrected chi connectivity index (χ1v) is 10.3. The predicted octanol–water partition coefficient (Wildman–Crippen LogP) is -8.95. The maximum Gasteiger partial charge on any atom is 0.201 e. The predicted molar refractivity (Wildman–Crippen MR) is 103 cm³/mol. The molecule has 2 unspecified atom stereocenters. The fraction of sp³-hybridized carbons (Fsp3) is 0.944. The van der Waals surface area contributed by atoms with E-state index in [0.717, 1.165) is 0 Å². The van der Waals surface area contributed by atoms with Crippen LogP contribution in [0.1, 0.15) is 0 Å². The summed E-state index contributed by atoms with van der Waals surface area (Å²) in [4.78, 5) is 13.4. The summed E-state index contributed by atoms with van der Waals surface area (Å²) in [5.41, 5.74) is -3.61. The Kier molecular flexibility index (Phi) is 9.84. The number of Topliss-reactive ketones (excluding diaryl/α,β-unsaturated/α-hetero) is 1. The fourth-order valence-electron chi connectivity index (χ4n) is 4.04. The Hall–Kier alpha value is -0.930. The van der Waals surface area contributed by atoms with E-state index < -0.39 is 111 Å². The highest BCUT2D eigenvalue weighted by molar-refractivity contribution is 5.93. The summed E-state index contributed by atoms with van der Waals surface area (Å²) < 4.78 is 10.2. The van der Waals surface area contributed by atoms with Gasteiger partial charge in [0.1, 0.15) is 79.4 Å². The van der Waals surface area contributed by atoms with Crippen molar-refractivity contribution in [1.29, 1.82) is 0 Å². The minimum absolute atomic E-state index is 0.985. The van der Waals surface area contributed by atoms with Gasteiger partial charge in [-0.2, -0.15) is 0 Å². The van der Waals surface area contributed by atoms with Gasteiger partial charge in [0.05, 0.1) is 19.8 Å². The van der Waals surface area contributed by atoms with Crippen LogP contribution in [-0.4, -0.2) is 177 Å². The lowest BCUT2D eigenvalue weighted by Gasteiger charge is -2.50. The Morgan fingerprint density at radius 1 is 0.735 bits per heavy atom. The average molecular weight is 504 g/mol. The van der Waals surface area contributed by atoms with E-state index in [4.69, 9.17) is 14.6 Å². The highest BCUT2D eigenvalue weighted by Crippen LogP contribution is 2.36. The first-order valence-electron chi connectivity index (χ1n) is 10.3. The lowest BCUT2D eigenvalue weighted by atomic mass is 9.73. The van der Waals surface area contributed by atoms with Crippen molar-refractivity contribution < 1.29 is 80.7 Å². The number of rotatable bonds is 9. The van der Waals surface area contributed by atoms with Gasteiger partial charge in [0, 0.05) is 0 Å². The molecular weight excluding hydrogens is 472 g/mol. The van der Waals surface area contributed by atoms with Gasteiger partial charge in [-0.05, 0) is 0 Å². The second kappa shape index (κ2) is 11.4. The van der Waals surface area contributed by atoms with E-state index in [2.05, 4.69) is 0 Å². The molecule has 2 aliphatic rings. The van der Waals surface area contributed by atoms with Crippen molar-refractivity contribution in [3.05, 3.63) is 0 Å². The van der Waals surface area contributed by atoms with E-state index in [1.165, 1.54) is 0 Å². The first-order chi connectivity index (χ1) is 15.8. The third-order valence-electron chi connectivity index (χ3n) is 6.23. The molecule has 2 rings (SSSR count). The largest absolute Gasteiger partial charge is 0.394 e. The molecule has 16 nitrogen and oxygen atoms in total. The van der Waals surface area contributed by atoms with Crippen LogP contribution in [0.3, 0.4) is 0 Å². The summed E-state index contributed by atoms with van der Waals surface area (Å²) in [7, 11) is 0. The number of hydrogen-bond donors (Lipinski definition) is 13. The number of ether oxygens (including phenoxy) is 2. The molecule has 0 aromatic heterocycles. The quantitative estimate of drug-likeness (QED) is 0.139. The van der Waals surface area contributed by atoms with Gasteiger partial charge in [-0.25, -0.2) is 0 Å². The molecule has 0 aromatic rings. The SMILES string of the molecule is O=C(C1O[C@H](CO)[C@@H](O)[C@H](O)[C@H]1O)[C@@](O)(C1O[C@H](CO)[C@@H](O)[C@H](O)[C@H]1O)[C@@H](O)[C@H](O)[C@H](O)CO. The summed E-state index contributed by atoms with van der Waals surface area (Å²) in [5.74, 6) is -1.81. The van der Waals surface area contributed by atoms with E-state index in [1.807, 2.05) is 0 Å². The van der Waals surface area contributed by atoms with Crippen LogP contribution in [0.15, 0.2) is 0 Å². The van der Waals surface area contributed by atoms with Gasteiger partial charge in [0.25, 0.3) is 0 Å². The molecule has 2 saturated heterocycles. The molecule has 0 aliphatic carbocycles. The maximum absolute atomic E-state index is 13.4. The zero-order valence-electron chi connectivity index (χ0n) is 17.7. The number of carbonyl (C=O) groups excluding carboxylic acids is 1. The average Bonchev–Trinajstić information content (AvgIpc) is 2.83. The monoisotopic (exact) mass is 504 g/mol. The zero-order valence-corrected chi connectivity index (χ0v) is 17.7. The maximum atomic E-state index is 13.4. The van der Waals surface area contributed by atoms with Crippen molar-refractivity contribution >= 4 is 5.78 Å². The molecule has 0 saturated carbocycles. The molecule has 34 heavy (non-hydrogen) atoms. The standard InChI is InChI=1S/C18H32O16/c19-1-4(22)7(23)15(30)18(32,17-13(29)11(27)9(25)6(3-21)34-17)16(31)14-12(28)10(26)8(24)5(2-20)33-14/h4-15,17,19-30,32H,1-3H2/t4-,5-,6-,7-,8-,9-,10+,11+,12-,13-,14?,15+,17?,18-/m1/s1. The minimum Gasteiger partial charge on any atom is -0.394 e. The zero-order chi connectivity index (χ0) is 26.1. The first kappa shape index (κ1) is 29.3. The highest BCUT2D eigenvalue weighted by atomic mass is 16.6. The van der Waals surface area contributed by atoms with E-state index >= 15 is 0 Å². The number of ketones is 1. The topological polar surface area (TPSA) is 299 Å². The number of aliphatic hydroxyl groups excluding tert-OH is 12. The van der Waals surface area contributed by atoms with E-state index in [-0.39, 0.29) is 0 Å². The molecule has 2 aliphatic heterocycles. The van der Waals surface area contributed by atoms with Crippen molar-refractivity contribution in [3.63, 3.8) is 0 Å². The van der Waals surface area contributed by atoms with Gasteiger partial charge in [-0.3, -0.25) is 4.79 Å². The van der Waals surface area contributed by atoms with Gasteiger partial charge in [0.15, 0.2) is 5.60 Å². The highest BCUT2D eigenvalue weighted by Gasteiger charge is 2.64. The summed E-state index contributed by atoms with van der Waals surface area (Å²) in [5, 5.41) is 130. The summed E-state index contributed by atoms with van der Waals surface area (Å²) in [6.07, 6.45) is -28.6. The van der Waals surface area contributed by atoms with Crippen LogP contribution in [0.2, 0.25) is 0 Å². The molecule has 0 radical (unpaired) electrons. The Morgan fingerprint density at radius 2 is 1.21 bits per heavy atom. The van der Waals surface area contributed by atoms with Crippen LogP contribution in [-0.2, 0) is 14.3 Å². The van der Waals surface area contributed by atoms with Crippen LogP contribution >= 0.6 is 0 Å². The number of aliphatic hydroxyl groups is 13. The number of carbonyl (C=O) groups is 1. The lowest BCUT2D eigenvalue weighted by Crippen LogP contribution is -2.75. The molecule has 0 spiro atoms. The van der Waals surface area contributed by atoms with Gasteiger partial charge in [0.2, 0.25) is 5.78 Å². The van der Waals surface area contributed by atoms with Crippen molar-refractivity contribution in [2.45, 2.75) is 85.0 Å². The normalized spacial score (nSPS) is 43.6. The second-order valence-electron chi connectivity index (χ2n) is 8.37. The van der Waals surface area contributed by atoms with E-state index in [1.54, 1.807) is 0 Å². The fourth-order valence-corrected chi connectivity index (χ4v) is 4.04. The summed E-state index contributed by atoms with van der Waals surface area (Å²) in [6, 6.07) is 0. The minimum atomic E-state index is -3.61. The third kappa shape index (κ3) is 4.99. The van der Waals surface area contributed by atoms with E-state index in [0.29, 0.717) is 0 Å². The van der Waals surface area contributed by atoms with Crippen LogP contribution in [0.25, 0.3) is 0 Å². The molecule has 2 fully saturated rings. The van der Waals surface area contributed by atoms with E-state index in [9.17, 15) is 66.1 Å². The van der Waals surface area contributed by atoms with Crippen molar-refractivity contribution in [1.82, 2.24) is 0 Å². The number of hydrogen-bond acceptors (Lipinski definition) is 16. The molecular formula is C18H32O16. The molecule has 200 valence electrons. The smallest absolute Gasteiger partial charge is 0.201 e. The lowest BCUT2D eigenvalue weighted by molar-refractivity contribution is -0.293. The molecule has 14 atom stereocenters. The molecule has 0 bridgehead atoms. The van der Waals surface area contributed by atoms with Crippen LogP contribution in [0.5, 0.6) is 0 Å². The molecule has 0 amide bonds. The molecule has 2 heterocycles. The Morgan fingerprint density at radius 3 is 1.68 bits per heavy atom. The molecule has 0 aromatic carbocycles. The summed E-state index contributed by atoms with van der Waals surface area (Å²) >= 11 is 0. The van der Waals surface area contributed by atoms with Crippen LogP contribution < -0.4 is 0 Å². The van der Waals surface area contributed by atoms with Crippen molar-refractivity contribution in [2.24, 2.45) is 0 Å². The van der Waals surface area contributed by atoms with Gasteiger partial charge >= 0.3 is 0 Å².